The molecule has 0 aliphatic heterocycles. The van der Waals surface area contributed by atoms with E-state index in [0.717, 1.165) is 11.6 Å². The molecule has 0 spiro atoms. The van der Waals surface area contributed by atoms with Gasteiger partial charge < -0.3 is 4.74 Å². The fourth-order valence-electron chi connectivity index (χ4n) is 3.06. The standard InChI is InChI=1S/C16H19NO2/c1-11-2-6-15(7-3-11)17-16(18)19-10-14-9-12-4-5-13(14)8-12/h2-7,12-14H,8-10H2,1H3,(H,17,18). The van der Waals surface area contributed by atoms with Crippen LogP contribution in [0, 0.1) is 24.7 Å². The van der Waals surface area contributed by atoms with Gasteiger partial charge in [-0.25, -0.2) is 4.79 Å². The number of fused-ring (bicyclic) bond motifs is 2. The highest BCUT2D eigenvalue weighted by molar-refractivity contribution is 5.84. The first-order valence-electron chi connectivity index (χ1n) is 6.89. The molecule has 0 saturated heterocycles. The first-order chi connectivity index (χ1) is 9.20. The van der Waals surface area contributed by atoms with E-state index in [0.29, 0.717) is 18.4 Å². The van der Waals surface area contributed by atoms with E-state index in [4.69, 9.17) is 4.74 Å². The Morgan fingerprint density at radius 3 is 2.68 bits per heavy atom. The highest BCUT2D eigenvalue weighted by atomic mass is 16.5. The molecule has 0 radical (unpaired) electrons. The van der Waals surface area contributed by atoms with Crippen molar-refractivity contribution in [2.75, 3.05) is 11.9 Å². The number of carbonyl (C=O) groups excluding carboxylic acids is 1. The van der Waals surface area contributed by atoms with Crippen LogP contribution in [0.4, 0.5) is 10.5 Å². The molecule has 2 aliphatic carbocycles. The lowest BCUT2D eigenvalue weighted by atomic mass is 9.95. The second-order valence-corrected chi connectivity index (χ2v) is 5.63. The Hall–Kier alpha value is -1.77. The van der Waals surface area contributed by atoms with E-state index < -0.39 is 0 Å². The predicted octanol–water partition coefficient (Wildman–Crippen LogP) is 3.76. The maximum absolute atomic E-state index is 11.7. The Labute approximate surface area is 113 Å². The zero-order chi connectivity index (χ0) is 13.2. The SMILES string of the molecule is Cc1ccc(NC(=O)OCC2CC3C=CC2C3)cc1. The average molecular weight is 257 g/mol. The molecule has 1 N–H and O–H groups in total. The van der Waals surface area contributed by atoms with Gasteiger partial charge in [-0.3, -0.25) is 5.32 Å². The molecule has 1 amide bonds. The number of hydrogen-bond donors (Lipinski definition) is 1. The molecule has 0 heterocycles. The summed E-state index contributed by atoms with van der Waals surface area (Å²) < 4.78 is 5.33. The van der Waals surface area contributed by atoms with E-state index in [1.807, 2.05) is 31.2 Å². The molecule has 1 fully saturated rings. The summed E-state index contributed by atoms with van der Waals surface area (Å²) in [4.78, 5) is 11.7. The van der Waals surface area contributed by atoms with E-state index in [9.17, 15) is 4.79 Å². The summed E-state index contributed by atoms with van der Waals surface area (Å²) in [5, 5.41) is 2.76. The Balaban J connectivity index is 1.47. The number of amides is 1. The van der Waals surface area contributed by atoms with Crippen LogP contribution in [0.25, 0.3) is 0 Å². The Morgan fingerprint density at radius 1 is 1.26 bits per heavy atom. The lowest BCUT2D eigenvalue weighted by Gasteiger charge is -2.17. The predicted molar refractivity (Wildman–Crippen MR) is 75.0 cm³/mol. The number of nitrogens with one attached hydrogen (secondary N) is 1. The van der Waals surface area contributed by atoms with E-state index in [1.54, 1.807) is 0 Å². The van der Waals surface area contributed by atoms with Crippen molar-refractivity contribution in [2.24, 2.45) is 17.8 Å². The molecule has 3 atom stereocenters. The van der Waals surface area contributed by atoms with Crippen LogP contribution in [0.5, 0.6) is 0 Å². The summed E-state index contributed by atoms with van der Waals surface area (Å²) in [5.74, 6) is 1.86. The van der Waals surface area contributed by atoms with Crippen LogP contribution in [0.2, 0.25) is 0 Å². The summed E-state index contributed by atoms with van der Waals surface area (Å²) in [6.45, 7) is 2.55. The van der Waals surface area contributed by atoms with Gasteiger partial charge in [0.05, 0.1) is 6.61 Å². The number of hydrogen-bond acceptors (Lipinski definition) is 2. The summed E-state index contributed by atoms with van der Waals surface area (Å²) in [6, 6.07) is 7.71. The fraction of sp³-hybridized carbons (Fsp3) is 0.438. The summed E-state index contributed by atoms with van der Waals surface area (Å²) in [7, 11) is 0. The fourth-order valence-corrected chi connectivity index (χ4v) is 3.06. The normalized spacial score (nSPS) is 27.5. The quantitative estimate of drug-likeness (QED) is 0.837. The Morgan fingerprint density at radius 2 is 2.05 bits per heavy atom. The number of aryl methyl sites for hydroxylation is 1. The van der Waals surface area contributed by atoms with Crippen molar-refractivity contribution in [3.05, 3.63) is 42.0 Å². The van der Waals surface area contributed by atoms with E-state index in [2.05, 4.69) is 17.5 Å². The minimum Gasteiger partial charge on any atom is -0.449 e. The zero-order valence-corrected chi connectivity index (χ0v) is 11.1. The molecule has 2 bridgehead atoms. The molecule has 1 saturated carbocycles. The number of allylic oxidation sites excluding steroid dienone is 2. The molecule has 19 heavy (non-hydrogen) atoms. The first-order valence-corrected chi connectivity index (χ1v) is 6.89. The molecule has 100 valence electrons. The maximum Gasteiger partial charge on any atom is 0.411 e. The van der Waals surface area contributed by atoms with E-state index in [1.165, 1.54) is 18.4 Å². The number of rotatable bonds is 3. The number of benzene rings is 1. The highest BCUT2D eigenvalue weighted by Gasteiger charge is 2.36. The van der Waals surface area contributed by atoms with Crippen molar-refractivity contribution in [3.8, 4) is 0 Å². The van der Waals surface area contributed by atoms with Crippen LogP contribution in [0.1, 0.15) is 18.4 Å². The van der Waals surface area contributed by atoms with Gasteiger partial charge in [-0.05, 0) is 43.7 Å². The molecule has 3 rings (SSSR count). The first kappa shape index (κ1) is 12.3. The monoisotopic (exact) mass is 257 g/mol. The van der Waals surface area contributed by atoms with Crippen molar-refractivity contribution in [1.82, 2.24) is 0 Å². The molecule has 1 aromatic carbocycles. The van der Waals surface area contributed by atoms with Crippen LogP contribution >= 0.6 is 0 Å². The topological polar surface area (TPSA) is 38.3 Å². The number of anilines is 1. The van der Waals surface area contributed by atoms with E-state index in [-0.39, 0.29) is 6.09 Å². The smallest absolute Gasteiger partial charge is 0.411 e. The van der Waals surface area contributed by atoms with Gasteiger partial charge in [-0.2, -0.15) is 0 Å². The van der Waals surface area contributed by atoms with Crippen molar-refractivity contribution in [1.29, 1.82) is 0 Å². The van der Waals surface area contributed by atoms with Crippen molar-refractivity contribution in [3.63, 3.8) is 0 Å². The minimum atomic E-state index is -0.351. The molecule has 3 unspecified atom stereocenters. The lowest BCUT2D eigenvalue weighted by Crippen LogP contribution is -2.21. The van der Waals surface area contributed by atoms with Crippen molar-refractivity contribution >= 4 is 11.8 Å². The van der Waals surface area contributed by atoms with Gasteiger partial charge in [-0.1, -0.05) is 29.8 Å². The van der Waals surface area contributed by atoms with Gasteiger partial charge in [0.25, 0.3) is 0 Å². The molecular weight excluding hydrogens is 238 g/mol. The summed E-state index contributed by atoms with van der Waals surface area (Å²) in [6.07, 6.45) is 6.64. The van der Waals surface area contributed by atoms with Gasteiger partial charge in [0.2, 0.25) is 0 Å². The third kappa shape index (κ3) is 2.80. The van der Waals surface area contributed by atoms with E-state index >= 15 is 0 Å². The number of carbonyl (C=O) groups is 1. The molecule has 3 heteroatoms. The molecular formula is C16H19NO2. The molecule has 0 aromatic heterocycles. The van der Waals surface area contributed by atoms with Gasteiger partial charge in [-0.15, -0.1) is 0 Å². The minimum absolute atomic E-state index is 0.351. The van der Waals surface area contributed by atoms with Crippen LogP contribution in [-0.2, 0) is 4.74 Å². The van der Waals surface area contributed by atoms with Gasteiger partial charge in [0, 0.05) is 11.6 Å². The van der Waals surface area contributed by atoms with Crippen LogP contribution in [0.3, 0.4) is 0 Å². The maximum atomic E-state index is 11.7. The average Bonchev–Trinajstić information content (AvgIpc) is 3.01. The van der Waals surface area contributed by atoms with Gasteiger partial charge >= 0.3 is 6.09 Å². The second-order valence-electron chi connectivity index (χ2n) is 5.63. The molecule has 2 aliphatic rings. The zero-order valence-electron chi connectivity index (χ0n) is 11.1. The Bertz CT molecular complexity index is 492. The largest absolute Gasteiger partial charge is 0.449 e. The van der Waals surface area contributed by atoms with Crippen LogP contribution in [-0.4, -0.2) is 12.7 Å². The summed E-state index contributed by atoms with van der Waals surface area (Å²) in [5.41, 5.74) is 1.95. The lowest BCUT2D eigenvalue weighted by molar-refractivity contribution is 0.134. The molecule has 1 aromatic rings. The highest BCUT2D eigenvalue weighted by Crippen LogP contribution is 2.43. The third-order valence-electron chi connectivity index (χ3n) is 4.14. The van der Waals surface area contributed by atoms with Crippen LogP contribution in [0.15, 0.2) is 36.4 Å². The van der Waals surface area contributed by atoms with Crippen molar-refractivity contribution < 1.29 is 9.53 Å². The second kappa shape index (κ2) is 5.08. The van der Waals surface area contributed by atoms with Gasteiger partial charge in [0.15, 0.2) is 0 Å². The van der Waals surface area contributed by atoms with Gasteiger partial charge in [0.1, 0.15) is 0 Å². The Kier molecular flexibility index (Phi) is 3.28. The van der Waals surface area contributed by atoms with Crippen LogP contribution < -0.4 is 5.32 Å². The third-order valence-corrected chi connectivity index (χ3v) is 4.14. The number of ether oxygens (including phenoxy) is 1. The summed E-state index contributed by atoms with van der Waals surface area (Å²) >= 11 is 0. The molecule has 3 nitrogen and oxygen atoms in total. The van der Waals surface area contributed by atoms with Crippen molar-refractivity contribution in [2.45, 2.75) is 19.8 Å².